The Morgan fingerprint density at radius 1 is 1.23 bits per heavy atom. The highest BCUT2D eigenvalue weighted by atomic mass is 32.1. The number of benzene rings is 1. The standard InChI is InChI=1S/C19H19FN6O2S2/c1-4-14(27)22-16-24-18-26(25-16)11(9-29-18)8-19(2,3)15(28)23-17-21-12-6-5-10(20)7-13(12)30-17/h5-7,9H,4,8H2,1-3H3,(H,21,23,28)(H,22,25,27). The molecule has 0 aliphatic heterocycles. The molecule has 2 N–H and O–H groups in total. The molecule has 11 heteroatoms. The van der Waals surface area contributed by atoms with Crippen molar-refractivity contribution in [1.82, 2.24) is 19.6 Å². The molecule has 0 radical (unpaired) electrons. The number of nitrogens with zero attached hydrogens (tertiary/aromatic N) is 4. The average Bonchev–Trinajstić information content (AvgIpc) is 3.36. The maximum absolute atomic E-state index is 13.4. The molecule has 0 atom stereocenters. The fraction of sp³-hybridized carbons (Fsp3) is 0.316. The summed E-state index contributed by atoms with van der Waals surface area (Å²) in [5, 5.41) is 12.1. The second kappa shape index (κ2) is 7.73. The first-order chi connectivity index (χ1) is 14.2. The molecule has 3 aromatic heterocycles. The Hall–Kier alpha value is -2.92. The van der Waals surface area contributed by atoms with Crippen molar-refractivity contribution >= 4 is 60.7 Å². The summed E-state index contributed by atoms with van der Waals surface area (Å²) in [6, 6.07) is 4.33. The number of amides is 2. The Bertz CT molecular complexity index is 1260. The number of aromatic nitrogens is 4. The largest absolute Gasteiger partial charge is 0.301 e. The smallest absolute Gasteiger partial charge is 0.250 e. The molecule has 0 aliphatic rings. The van der Waals surface area contributed by atoms with E-state index in [0.717, 1.165) is 5.69 Å². The van der Waals surface area contributed by atoms with Crippen LogP contribution < -0.4 is 10.6 Å². The highest BCUT2D eigenvalue weighted by Crippen LogP contribution is 2.30. The summed E-state index contributed by atoms with van der Waals surface area (Å²) < 4.78 is 15.7. The maximum atomic E-state index is 13.4. The van der Waals surface area contributed by atoms with Gasteiger partial charge in [-0.1, -0.05) is 32.1 Å². The molecular weight excluding hydrogens is 427 g/mol. The lowest BCUT2D eigenvalue weighted by Gasteiger charge is -2.22. The first-order valence-corrected chi connectivity index (χ1v) is 11.0. The van der Waals surface area contributed by atoms with E-state index in [0.29, 0.717) is 33.2 Å². The third-order valence-corrected chi connectivity index (χ3v) is 6.33. The molecule has 1 aromatic carbocycles. The number of thiazole rings is 2. The quantitative estimate of drug-likeness (QED) is 0.464. The molecule has 156 valence electrons. The number of hydrogen-bond donors (Lipinski definition) is 2. The van der Waals surface area contributed by atoms with Gasteiger partial charge in [-0.15, -0.1) is 16.4 Å². The molecule has 4 rings (SSSR count). The van der Waals surface area contributed by atoms with Gasteiger partial charge >= 0.3 is 0 Å². The van der Waals surface area contributed by atoms with E-state index < -0.39 is 5.41 Å². The molecule has 0 bridgehead atoms. The summed E-state index contributed by atoms with van der Waals surface area (Å²) >= 11 is 2.62. The van der Waals surface area contributed by atoms with Crippen LogP contribution in [-0.4, -0.2) is 31.4 Å². The van der Waals surface area contributed by atoms with E-state index in [9.17, 15) is 14.0 Å². The van der Waals surface area contributed by atoms with E-state index in [4.69, 9.17) is 0 Å². The van der Waals surface area contributed by atoms with Crippen molar-refractivity contribution in [2.75, 3.05) is 10.6 Å². The highest BCUT2D eigenvalue weighted by Gasteiger charge is 2.30. The Labute approximate surface area is 179 Å². The van der Waals surface area contributed by atoms with Crippen molar-refractivity contribution in [3.63, 3.8) is 0 Å². The zero-order valence-corrected chi connectivity index (χ0v) is 18.2. The summed E-state index contributed by atoms with van der Waals surface area (Å²) in [7, 11) is 0. The van der Waals surface area contributed by atoms with Gasteiger partial charge in [-0.25, -0.2) is 13.9 Å². The minimum Gasteiger partial charge on any atom is -0.301 e. The summed E-state index contributed by atoms with van der Waals surface area (Å²) in [5.41, 5.74) is 0.680. The van der Waals surface area contributed by atoms with Crippen molar-refractivity contribution in [3.05, 3.63) is 35.1 Å². The van der Waals surface area contributed by atoms with Crippen LogP contribution in [0.25, 0.3) is 15.2 Å². The van der Waals surface area contributed by atoms with E-state index in [1.165, 1.54) is 34.8 Å². The minimum atomic E-state index is -0.768. The van der Waals surface area contributed by atoms with Gasteiger partial charge in [-0.3, -0.25) is 14.9 Å². The zero-order valence-electron chi connectivity index (χ0n) is 16.5. The van der Waals surface area contributed by atoms with Crippen LogP contribution in [0.4, 0.5) is 15.5 Å². The normalized spacial score (nSPS) is 11.9. The topological polar surface area (TPSA) is 101 Å². The summed E-state index contributed by atoms with van der Waals surface area (Å²) in [5.74, 6) is -0.460. The Kier molecular flexibility index (Phi) is 5.24. The molecule has 0 fully saturated rings. The molecule has 0 aliphatic carbocycles. The third-order valence-electron chi connectivity index (χ3n) is 4.53. The lowest BCUT2D eigenvalue weighted by atomic mass is 9.87. The van der Waals surface area contributed by atoms with Crippen molar-refractivity contribution in [2.24, 2.45) is 5.41 Å². The van der Waals surface area contributed by atoms with Crippen LogP contribution in [0.15, 0.2) is 23.6 Å². The molecule has 0 saturated heterocycles. The Morgan fingerprint density at radius 2 is 2.03 bits per heavy atom. The van der Waals surface area contributed by atoms with Crippen molar-refractivity contribution in [1.29, 1.82) is 0 Å². The first kappa shape index (κ1) is 20.4. The number of halogens is 1. The third kappa shape index (κ3) is 4.03. The summed E-state index contributed by atoms with van der Waals surface area (Å²) in [6.45, 7) is 5.41. The van der Waals surface area contributed by atoms with E-state index in [1.807, 2.05) is 19.2 Å². The van der Waals surface area contributed by atoms with Gasteiger partial charge in [-0.05, 0) is 18.2 Å². The zero-order chi connectivity index (χ0) is 21.5. The van der Waals surface area contributed by atoms with Gasteiger partial charge in [-0.2, -0.15) is 4.98 Å². The van der Waals surface area contributed by atoms with Crippen LogP contribution in [0.2, 0.25) is 0 Å². The van der Waals surface area contributed by atoms with Crippen LogP contribution in [0.5, 0.6) is 0 Å². The van der Waals surface area contributed by atoms with Crippen molar-refractivity contribution < 1.29 is 14.0 Å². The first-order valence-electron chi connectivity index (χ1n) is 9.26. The number of anilines is 2. The van der Waals surface area contributed by atoms with Crippen molar-refractivity contribution in [2.45, 2.75) is 33.6 Å². The van der Waals surface area contributed by atoms with Gasteiger partial charge < -0.3 is 5.32 Å². The van der Waals surface area contributed by atoms with Gasteiger partial charge in [0.1, 0.15) is 5.82 Å². The van der Waals surface area contributed by atoms with Gasteiger partial charge in [0.05, 0.1) is 15.9 Å². The summed E-state index contributed by atoms with van der Waals surface area (Å²) in [4.78, 5) is 33.8. The Morgan fingerprint density at radius 3 is 2.80 bits per heavy atom. The van der Waals surface area contributed by atoms with Gasteiger partial charge in [0.15, 0.2) is 5.13 Å². The van der Waals surface area contributed by atoms with E-state index >= 15 is 0 Å². The van der Waals surface area contributed by atoms with Crippen LogP contribution in [0, 0.1) is 11.2 Å². The monoisotopic (exact) mass is 446 g/mol. The van der Waals surface area contributed by atoms with Crippen LogP contribution in [-0.2, 0) is 16.0 Å². The number of rotatable bonds is 6. The fourth-order valence-corrected chi connectivity index (χ4v) is 4.57. The Balaban J connectivity index is 1.51. The van der Waals surface area contributed by atoms with E-state index in [1.54, 1.807) is 17.5 Å². The highest BCUT2D eigenvalue weighted by molar-refractivity contribution is 7.22. The fourth-order valence-electron chi connectivity index (χ4n) is 2.87. The number of carbonyl (C=O) groups excluding carboxylic acids is 2. The molecule has 0 spiro atoms. The van der Waals surface area contributed by atoms with Gasteiger partial charge in [0.2, 0.25) is 22.7 Å². The molecule has 3 heterocycles. The predicted molar refractivity (Wildman–Crippen MR) is 115 cm³/mol. The maximum Gasteiger partial charge on any atom is 0.250 e. The molecule has 8 nitrogen and oxygen atoms in total. The van der Waals surface area contributed by atoms with E-state index in [-0.39, 0.29) is 23.6 Å². The van der Waals surface area contributed by atoms with Crippen LogP contribution in [0.3, 0.4) is 0 Å². The lowest BCUT2D eigenvalue weighted by Crippen LogP contribution is -2.33. The number of nitrogens with one attached hydrogen (secondary N) is 2. The average molecular weight is 447 g/mol. The van der Waals surface area contributed by atoms with Crippen LogP contribution >= 0.6 is 22.7 Å². The van der Waals surface area contributed by atoms with Crippen molar-refractivity contribution in [3.8, 4) is 0 Å². The number of hydrogen-bond acceptors (Lipinski definition) is 7. The van der Waals surface area contributed by atoms with E-state index in [2.05, 4.69) is 25.7 Å². The molecule has 0 unspecified atom stereocenters. The van der Waals surface area contributed by atoms with Gasteiger partial charge in [0.25, 0.3) is 0 Å². The second-order valence-corrected chi connectivity index (χ2v) is 9.27. The molecule has 0 saturated carbocycles. The lowest BCUT2D eigenvalue weighted by molar-refractivity contribution is -0.124. The second-order valence-electron chi connectivity index (χ2n) is 7.40. The minimum absolute atomic E-state index is 0.162. The SMILES string of the molecule is CCC(=O)Nc1nc2scc(CC(C)(C)C(=O)Nc3nc4ccc(F)cc4s3)n2n1. The predicted octanol–water partition coefficient (Wildman–Crippen LogP) is 4.10. The molecule has 4 aromatic rings. The molecule has 30 heavy (non-hydrogen) atoms. The molecular formula is C19H19FN6O2S2. The van der Waals surface area contributed by atoms with Gasteiger partial charge in [0, 0.05) is 23.6 Å². The number of carbonyl (C=O) groups is 2. The molecule has 2 amide bonds. The summed E-state index contributed by atoms with van der Waals surface area (Å²) in [6.07, 6.45) is 0.744. The van der Waals surface area contributed by atoms with Crippen LogP contribution in [0.1, 0.15) is 32.9 Å². The number of fused-ring (bicyclic) bond motifs is 2.